The fourth-order valence-corrected chi connectivity index (χ4v) is 4.03. The first kappa shape index (κ1) is 18.5. The molecule has 3 rings (SSSR count). The maximum atomic E-state index is 4.49. The molecule has 1 aliphatic carbocycles. The van der Waals surface area contributed by atoms with E-state index in [2.05, 4.69) is 20.3 Å². The molecule has 0 bridgehead atoms. The molecule has 2 heterocycles. The van der Waals surface area contributed by atoms with Gasteiger partial charge in [0.2, 0.25) is 0 Å². The van der Waals surface area contributed by atoms with E-state index in [-0.39, 0.29) is 24.0 Å². The summed E-state index contributed by atoms with van der Waals surface area (Å²) in [4.78, 5) is 6.96. The van der Waals surface area contributed by atoms with Gasteiger partial charge in [-0.15, -0.1) is 24.0 Å². The van der Waals surface area contributed by atoms with Crippen LogP contribution < -0.4 is 5.32 Å². The van der Waals surface area contributed by atoms with Gasteiger partial charge in [0.25, 0.3) is 0 Å². The third-order valence-electron chi connectivity index (χ3n) is 5.27. The van der Waals surface area contributed by atoms with E-state index in [1.807, 2.05) is 30.2 Å². The summed E-state index contributed by atoms with van der Waals surface area (Å²) in [6, 6.07) is 1.97. The topological polar surface area (TPSA) is 45.5 Å². The molecule has 1 aliphatic heterocycles. The van der Waals surface area contributed by atoms with Gasteiger partial charge in [0, 0.05) is 45.6 Å². The quantitative estimate of drug-likeness (QED) is 0.345. The Bertz CT molecular complexity index is 479. The van der Waals surface area contributed by atoms with Crippen molar-refractivity contribution in [2.45, 2.75) is 51.5 Å². The van der Waals surface area contributed by atoms with Crippen molar-refractivity contribution in [2.24, 2.45) is 10.4 Å². The highest BCUT2D eigenvalue weighted by Gasteiger charge is 2.39. The molecule has 0 amide bonds. The molecule has 5 nitrogen and oxygen atoms in total. The molecule has 1 aromatic heterocycles. The van der Waals surface area contributed by atoms with Crippen molar-refractivity contribution >= 4 is 29.9 Å². The van der Waals surface area contributed by atoms with Gasteiger partial charge in [0.15, 0.2) is 5.96 Å². The summed E-state index contributed by atoms with van der Waals surface area (Å²) >= 11 is 0. The standard InChI is InChI=1S/C17H29N5.HI/c1-18-16(19-10-5-12-22-13-6-11-20-22)21-14-9-17(15-21)7-3-2-4-8-17;/h6,11,13H,2-5,7-10,12,14-15H2,1H3,(H,18,19);1H. The molecule has 0 radical (unpaired) electrons. The Balaban J connectivity index is 0.00000192. The van der Waals surface area contributed by atoms with Crippen molar-refractivity contribution in [3.63, 3.8) is 0 Å². The molecule has 1 saturated carbocycles. The zero-order valence-corrected chi connectivity index (χ0v) is 16.5. The van der Waals surface area contributed by atoms with Crippen LogP contribution in [-0.4, -0.2) is 47.3 Å². The van der Waals surface area contributed by atoms with Gasteiger partial charge in [-0.3, -0.25) is 9.67 Å². The van der Waals surface area contributed by atoms with Crippen LogP contribution in [0.15, 0.2) is 23.5 Å². The SMILES string of the molecule is CN=C(NCCCn1cccn1)N1CCC2(CCCCC2)C1.I. The van der Waals surface area contributed by atoms with Crippen molar-refractivity contribution in [2.75, 3.05) is 26.7 Å². The second-order valence-electron chi connectivity index (χ2n) is 6.83. The van der Waals surface area contributed by atoms with Crippen LogP contribution >= 0.6 is 24.0 Å². The van der Waals surface area contributed by atoms with Crippen LogP contribution in [0.25, 0.3) is 0 Å². The van der Waals surface area contributed by atoms with Crippen molar-refractivity contribution in [3.8, 4) is 0 Å². The number of hydrogen-bond acceptors (Lipinski definition) is 2. The van der Waals surface area contributed by atoms with Crippen LogP contribution in [0, 0.1) is 5.41 Å². The highest BCUT2D eigenvalue weighted by atomic mass is 127. The lowest BCUT2D eigenvalue weighted by Crippen LogP contribution is -2.42. The molecule has 1 spiro atoms. The Hall–Kier alpha value is -0.790. The molecule has 2 aliphatic rings. The van der Waals surface area contributed by atoms with E-state index >= 15 is 0 Å². The molecule has 0 atom stereocenters. The molecule has 0 unspecified atom stereocenters. The van der Waals surface area contributed by atoms with E-state index in [4.69, 9.17) is 0 Å². The Kier molecular flexibility index (Phi) is 7.17. The molecule has 1 N–H and O–H groups in total. The van der Waals surface area contributed by atoms with Crippen molar-refractivity contribution in [1.82, 2.24) is 20.0 Å². The number of aliphatic imine (C=N–C) groups is 1. The Morgan fingerprint density at radius 3 is 2.78 bits per heavy atom. The minimum absolute atomic E-state index is 0. The number of rotatable bonds is 4. The first-order valence-corrected chi connectivity index (χ1v) is 8.74. The van der Waals surface area contributed by atoms with Gasteiger partial charge in [-0.2, -0.15) is 5.10 Å². The Labute approximate surface area is 156 Å². The van der Waals surface area contributed by atoms with Crippen LogP contribution in [0.5, 0.6) is 0 Å². The fourth-order valence-electron chi connectivity index (χ4n) is 4.03. The largest absolute Gasteiger partial charge is 0.356 e. The summed E-state index contributed by atoms with van der Waals surface area (Å²) in [6.07, 6.45) is 13.4. The lowest BCUT2D eigenvalue weighted by Gasteiger charge is -2.33. The average Bonchev–Trinajstić information content (AvgIpc) is 3.19. The Morgan fingerprint density at radius 2 is 2.09 bits per heavy atom. The van der Waals surface area contributed by atoms with Gasteiger partial charge in [-0.1, -0.05) is 19.3 Å². The van der Waals surface area contributed by atoms with E-state index in [0.717, 1.165) is 25.5 Å². The predicted molar refractivity (Wildman–Crippen MR) is 105 cm³/mol. The minimum atomic E-state index is 0. The van der Waals surface area contributed by atoms with Crippen LogP contribution in [0.4, 0.5) is 0 Å². The first-order valence-electron chi connectivity index (χ1n) is 8.74. The number of aryl methyl sites for hydroxylation is 1. The van der Waals surface area contributed by atoms with Crippen LogP contribution in [0.2, 0.25) is 0 Å². The molecule has 1 saturated heterocycles. The van der Waals surface area contributed by atoms with Crippen LogP contribution in [-0.2, 0) is 6.54 Å². The summed E-state index contributed by atoms with van der Waals surface area (Å²) in [5.74, 6) is 1.09. The predicted octanol–water partition coefficient (Wildman–Crippen LogP) is 3.12. The number of nitrogens with zero attached hydrogens (tertiary/aromatic N) is 4. The molecule has 0 aromatic carbocycles. The number of nitrogens with one attached hydrogen (secondary N) is 1. The van der Waals surface area contributed by atoms with Crippen LogP contribution in [0.1, 0.15) is 44.9 Å². The normalized spacial score (nSPS) is 20.6. The molecule has 130 valence electrons. The second kappa shape index (κ2) is 8.89. The van der Waals surface area contributed by atoms with Gasteiger partial charge in [0.1, 0.15) is 0 Å². The summed E-state index contributed by atoms with van der Waals surface area (Å²) < 4.78 is 1.98. The highest BCUT2D eigenvalue weighted by Crippen LogP contribution is 2.43. The molecular weight excluding hydrogens is 401 g/mol. The maximum Gasteiger partial charge on any atom is 0.193 e. The molecule has 1 aromatic rings. The molecule has 2 fully saturated rings. The number of likely N-dealkylation sites (tertiary alicyclic amines) is 1. The third-order valence-corrected chi connectivity index (χ3v) is 5.27. The van der Waals surface area contributed by atoms with Gasteiger partial charge in [-0.25, -0.2) is 0 Å². The second-order valence-corrected chi connectivity index (χ2v) is 6.83. The number of guanidine groups is 1. The smallest absolute Gasteiger partial charge is 0.193 e. The third kappa shape index (κ3) is 4.84. The summed E-state index contributed by atoms with van der Waals surface area (Å²) in [6.45, 7) is 4.28. The number of halogens is 1. The van der Waals surface area contributed by atoms with Gasteiger partial charge < -0.3 is 10.2 Å². The zero-order chi connectivity index (χ0) is 15.3. The van der Waals surface area contributed by atoms with Crippen molar-refractivity contribution < 1.29 is 0 Å². The Morgan fingerprint density at radius 1 is 1.26 bits per heavy atom. The molecule has 6 heteroatoms. The van der Waals surface area contributed by atoms with Crippen molar-refractivity contribution in [1.29, 1.82) is 0 Å². The maximum absolute atomic E-state index is 4.49. The highest BCUT2D eigenvalue weighted by molar-refractivity contribution is 14.0. The lowest BCUT2D eigenvalue weighted by atomic mass is 9.73. The first-order chi connectivity index (χ1) is 10.8. The fraction of sp³-hybridized carbons (Fsp3) is 0.765. The average molecular weight is 431 g/mol. The van der Waals surface area contributed by atoms with E-state index in [9.17, 15) is 0 Å². The van der Waals surface area contributed by atoms with E-state index in [1.54, 1.807) is 0 Å². The summed E-state index contributed by atoms with van der Waals surface area (Å²) in [5.41, 5.74) is 0.588. The minimum Gasteiger partial charge on any atom is -0.356 e. The van der Waals surface area contributed by atoms with Crippen LogP contribution in [0.3, 0.4) is 0 Å². The lowest BCUT2D eigenvalue weighted by molar-refractivity contribution is 0.203. The van der Waals surface area contributed by atoms with Gasteiger partial charge in [0.05, 0.1) is 0 Å². The van der Waals surface area contributed by atoms with E-state index < -0.39 is 0 Å². The monoisotopic (exact) mass is 431 g/mol. The van der Waals surface area contributed by atoms with Crippen molar-refractivity contribution in [3.05, 3.63) is 18.5 Å². The number of aromatic nitrogens is 2. The molecular formula is C17H30IN5. The molecule has 23 heavy (non-hydrogen) atoms. The summed E-state index contributed by atoms with van der Waals surface area (Å²) in [5, 5.41) is 7.77. The zero-order valence-electron chi connectivity index (χ0n) is 14.2. The van der Waals surface area contributed by atoms with E-state index in [1.165, 1.54) is 51.6 Å². The number of hydrogen-bond donors (Lipinski definition) is 1. The summed E-state index contributed by atoms with van der Waals surface area (Å²) in [7, 11) is 1.90. The van der Waals surface area contributed by atoms with Gasteiger partial charge >= 0.3 is 0 Å². The van der Waals surface area contributed by atoms with Gasteiger partial charge in [-0.05, 0) is 37.2 Å². The van der Waals surface area contributed by atoms with E-state index in [0.29, 0.717) is 5.41 Å².